The van der Waals surface area contributed by atoms with Crippen molar-refractivity contribution < 1.29 is 13.3 Å². The van der Waals surface area contributed by atoms with Crippen LogP contribution in [0, 0.1) is 5.92 Å². The van der Waals surface area contributed by atoms with Crippen molar-refractivity contribution >= 4 is 7.68 Å². The first kappa shape index (κ1) is 25.1. The van der Waals surface area contributed by atoms with Gasteiger partial charge in [-0.1, -0.05) is 97.3 Å². The molecule has 0 fully saturated rings. The first-order chi connectivity index (χ1) is 11.8. The summed E-state index contributed by atoms with van der Waals surface area (Å²) in [5.74, 6) is 0.856. The SMILES string of the molecule is CC(C)CCCCCCCCCCCCCCCP(=O)(F)OC(C)C. The second-order valence-electron chi connectivity index (χ2n) is 8.25. The molecule has 0 saturated heterocycles. The summed E-state index contributed by atoms with van der Waals surface area (Å²) in [5, 5.41) is 0. The van der Waals surface area contributed by atoms with Crippen molar-refractivity contribution in [2.24, 2.45) is 5.92 Å². The van der Waals surface area contributed by atoms with Crippen LogP contribution in [0.1, 0.15) is 118 Å². The molecule has 4 heteroatoms. The van der Waals surface area contributed by atoms with Crippen molar-refractivity contribution in [1.29, 1.82) is 0 Å². The van der Waals surface area contributed by atoms with Crippen LogP contribution in [-0.4, -0.2) is 12.3 Å². The predicted molar refractivity (Wildman–Crippen MR) is 109 cm³/mol. The lowest BCUT2D eigenvalue weighted by atomic mass is 10.0. The minimum Gasteiger partial charge on any atom is -0.303 e. The topological polar surface area (TPSA) is 26.3 Å². The van der Waals surface area contributed by atoms with Gasteiger partial charge in [-0.3, -0.25) is 4.57 Å². The molecule has 0 aromatic carbocycles. The largest absolute Gasteiger partial charge is 0.367 e. The summed E-state index contributed by atoms with van der Waals surface area (Å²) in [4.78, 5) is 0. The van der Waals surface area contributed by atoms with Gasteiger partial charge >= 0.3 is 7.68 Å². The summed E-state index contributed by atoms with van der Waals surface area (Å²) in [7, 11) is -3.84. The van der Waals surface area contributed by atoms with Crippen LogP contribution in [0.15, 0.2) is 0 Å². The fraction of sp³-hybridized carbons (Fsp3) is 1.00. The Balaban J connectivity index is 3.20. The van der Waals surface area contributed by atoms with Crippen molar-refractivity contribution in [3.8, 4) is 0 Å². The Morgan fingerprint density at radius 3 is 1.40 bits per heavy atom. The Hall–Kier alpha value is 0.120. The summed E-state index contributed by atoms with van der Waals surface area (Å²) >= 11 is 0. The first-order valence-electron chi connectivity index (χ1n) is 10.8. The van der Waals surface area contributed by atoms with Gasteiger partial charge in [0.2, 0.25) is 0 Å². The van der Waals surface area contributed by atoms with E-state index in [4.69, 9.17) is 4.52 Å². The molecule has 0 spiro atoms. The van der Waals surface area contributed by atoms with E-state index < -0.39 is 7.68 Å². The van der Waals surface area contributed by atoms with Crippen LogP contribution in [0.3, 0.4) is 0 Å². The molecule has 0 aromatic rings. The van der Waals surface area contributed by atoms with Gasteiger partial charge in [0.1, 0.15) is 0 Å². The van der Waals surface area contributed by atoms with Crippen LogP contribution in [0.25, 0.3) is 0 Å². The summed E-state index contributed by atoms with van der Waals surface area (Å²) in [5.41, 5.74) is 0. The van der Waals surface area contributed by atoms with Crippen molar-refractivity contribution in [3.05, 3.63) is 0 Å². The zero-order chi connectivity index (χ0) is 19.0. The summed E-state index contributed by atoms with van der Waals surface area (Å²) in [6, 6.07) is 0. The molecule has 152 valence electrons. The van der Waals surface area contributed by atoms with E-state index >= 15 is 0 Å². The smallest absolute Gasteiger partial charge is 0.303 e. The highest BCUT2D eigenvalue weighted by atomic mass is 31.2. The molecule has 1 unspecified atom stereocenters. The second kappa shape index (κ2) is 16.3. The molecule has 0 heterocycles. The van der Waals surface area contributed by atoms with Crippen LogP contribution in [0.2, 0.25) is 0 Å². The minimum atomic E-state index is -3.84. The Bertz CT molecular complexity index is 332. The van der Waals surface area contributed by atoms with E-state index in [1.165, 1.54) is 70.6 Å². The Kier molecular flexibility index (Phi) is 16.4. The van der Waals surface area contributed by atoms with E-state index in [0.29, 0.717) is 6.42 Å². The number of hydrogen-bond acceptors (Lipinski definition) is 2. The number of hydrogen-bond donors (Lipinski definition) is 0. The zero-order valence-electron chi connectivity index (χ0n) is 17.4. The molecule has 0 bridgehead atoms. The van der Waals surface area contributed by atoms with Crippen molar-refractivity contribution in [2.45, 2.75) is 124 Å². The third kappa shape index (κ3) is 20.3. The van der Waals surface area contributed by atoms with Gasteiger partial charge < -0.3 is 4.52 Å². The predicted octanol–water partition coefficient (Wildman–Crippen LogP) is 8.69. The normalized spacial score (nSPS) is 14.4. The van der Waals surface area contributed by atoms with Crippen LogP contribution in [0.4, 0.5) is 4.20 Å². The van der Waals surface area contributed by atoms with E-state index in [0.717, 1.165) is 18.8 Å². The Morgan fingerprint density at radius 1 is 0.680 bits per heavy atom. The van der Waals surface area contributed by atoms with Gasteiger partial charge in [-0.05, 0) is 26.2 Å². The fourth-order valence-electron chi connectivity index (χ4n) is 3.17. The van der Waals surface area contributed by atoms with Crippen LogP contribution >= 0.6 is 7.68 Å². The van der Waals surface area contributed by atoms with E-state index in [1.807, 2.05) is 0 Å². The molecule has 0 radical (unpaired) electrons. The molecule has 1 atom stereocenters. The summed E-state index contributed by atoms with van der Waals surface area (Å²) in [6.45, 7) is 8.06. The number of unbranched alkanes of at least 4 members (excludes halogenated alkanes) is 12. The average molecular weight is 379 g/mol. The maximum atomic E-state index is 13.6. The van der Waals surface area contributed by atoms with Gasteiger partial charge in [0.05, 0.1) is 12.3 Å². The van der Waals surface area contributed by atoms with Crippen molar-refractivity contribution in [1.82, 2.24) is 0 Å². The van der Waals surface area contributed by atoms with E-state index in [1.54, 1.807) is 13.8 Å². The molecule has 0 saturated carbocycles. The van der Waals surface area contributed by atoms with E-state index in [2.05, 4.69) is 13.8 Å². The molecule has 0 aliphatic rings. The summed E-state index contributed by atoms with van der Waals surface area (Å²) < 4.78 is 29.9. The quantitative estimate of drug-likeness (QED) is 0.176. The van der Waals surface area contributed by atoms with Gasteiger partial charge in [-0.2, -0.15) is 4.20 Å². The van der Waals surface area contributed by atoms with Crippen molar-refractivity contribution in [3.63, 3.8) is 0 Å². The average Bonchev–Trinajstić information content (AvgIpc) is 2.49. The lowest BCUT2D eigenvalue weighted by Gasteiger charge is -2.12. The molecule has 0 aliphatic heterocycles. The Morgan fingerprint density at radius 2 is 1.04 bits per heavy atom. The van der Waals surface area contributed by atoms with Crippen LogP contribution in [-0.2, 0) is 9.09 Å². The molecule has 0 aromatic heterocycles. The molecule has 25 heavy (non-hydrogen) atoms. The van der Waals surface area contributed by atoms with Gasteiger partial charge in [0.15, 0.2) is 0 Å². The van der Waals surface area contributed by atoms with E-state index in [-0.39, 0.29) is 12.3 Å². The van der Waals surface area contributed by atoms with Crippen LogP contribution in [0.5, 0.6) is 0 Å². The maximum absolute atomic E-state index is 13.6. The van der Waals surface area contributed by atoms with Gasteiger partial charge in [-0.25, -0.2) is 0 Å². The molecular formula is C21H44FO2P. The lowest BCUT2D eigenvalue weighted by Crippen LogP contribution is -2.00. The highest BCUT2D eigenvalue weighted by molar-refractivity contribution is 7.53. The highest BCUT2D eigenvalue weighted by Gasteiger charge is 2.22. The lowest BCUT2D eigenvalue weighted by molar-refractivity contribution is 0.223. The second-order valence-corrected chi connectivity index (χ2v) is 10.1. The van der Waals surface area contributed by atoms with Gasteiger partial charge in [-0.15, -0.1) is 0 Å². The molecule has 2 nitrogen and oxygen atoms in total. The first-order valence-corrected chi connectivity index (χ1v) is 12.5. The number of halogens is 1. The Labute approximate surface area is 157 Å². The van der Waals surface area contributed by atoms with Crippen molar-refractivity contribution in [2.75, 3.05) is 6.16 Å². The van der Waals surface area contributed by atoms with Gasteiger partial charge in [0.25, 0.3) is 0 Å². The molecule has 0 aliphatic carbocycles. The molecule has 0 N–H and O–H groups in total. The monoisotopic (exact) mass is 378 g/mol. The number of rotatable bonds is 18. The fourth-order valence-corrected chi connectivity index (χ4v) is 4.50. The third-order valence-corrected chi connectivity index (χ3v) is 6.16. The molecule has 0 amide bonds. The van der Waals surface area contributed by atoms with Crippen LogP contribution < -0.4 is 0 Å². The third-order valence-electron chi connectivity index (χ3n) is 4.57. The standard InChI is InChI=1S/C21H44FO2P/c1-20(2)18-16-14-12-10-8-6-5-7-9-11-13-15-17-19-25(22,23)24-21(3)4/h20-21H,5-19H2,1-4H3. The molecule has 0 rings (SSSR count). The highest BCUT2D eigenvalue weighted by Crippen LogP contribution is 2.50. The minimum absolute atomic E-state index is 0.0857. The summed E-state index contributed by atoms with van der Waals surface area (Å²) in [6.07, 6.45) is 17.5. The van der Waals surface area contributed by atoms with Gasteiger partial charge in [0, 0.05) is 0 Å². The van der Waals surface area contributed by atoms with E-state index in [9.17, 15) is 8.76 Å². The molecular weight excluding hydrogens is 334 g/mol. The zero-order valence-corrected chi connectivity index (χ0v) is 18.3. The maximum Gasteiger partial charge on any atom is 0.367 e.